The van der Waals surface area contributed by atoms with Crippen molar-refractivity contribution >= 4 is 28.3 Å². The molecule has 1 aliphatic rings. The smallest absolute Gasteiger partial charge is 0.416 e. The number of benzene rings is 3. The summed E-state index contributed by atoms with van der Waals surface area (Å²) in [6.07, 6.45) is -5.64. The van der Waals surface area contributed by atoms with Gasteiger partial charge in [0.1, 0.15) is 5.75 Å². The van der Waals surface area contributed by atoms with Gasteiger partial charge >= 0.3 is 12.4 Å². The van der Waals surface area contributed by atoms with Crippen LogP contribution in [0, 0.1) is 6.92 Å². The second-order valence-electron chi connectivity index (χ2n) is 13.4. The molecule has 300 valence electrons. The topological polar surface area (TPSA) is 102 Å². The van der Waals surface area contributed by atoms with Crippen LogP contribution in [0.1, 0.15) is 95.2 Å². The third-order valence-corrected chi connectivity index (χ3v) is 7.81. The predicted octanol–water partition coefficient (Wildman–Crippen LogP) is 11.0. The fraction of sp³-hybridized carbons (Fsp3) is 0.405. The van der Waals surface area contributed by atoms with E-state index in [-0.39, 0.29) is 18.1 Å². The first-order chi connectivity index (χ1) is 25.7. The van der Waals surface area contributed by atoms with Gasteiger partial charge < -0.3 is 19.5 Å². The summed E-state index contributed by atoms with van der Waals surface area (Å²) in [5, 5.41) is 16.9. The zero-order valence-electron chi connectivity index (χ0n) is 32.7. The number of carbonyl (C=O) groups is 1. The van der Waals surface area contributed by atoms with E-state index in [4.69, 9.17) is 19.7 Å². The first-order valence-corrected chi connectivity index (χ1v) is 18.0. The molecular formula is C42H50F6N2O5. The van der Waals surface area contributed by atoms with Crippen LogP contribution in [0.4, 0.5) is 26.3 Å². The van der Waals surface area contributed by atoms with Gasteiger partial charge in [0.2, 0.25) is 0 Å². The molecule has 0 radical (unpaired) electrons. The third-order valence-electron chi connectivity index (χ3n) is 7.81. The molecule has 3 aromatic carbocycles. The van der Waals surface area contributed by atoms with Crippen molar-refractivity contribution in [2.45, 2.75) is 106 Å². The van der Waals surface area contributed by atoms with Crippen molar-refractivity contribution in [1.82, 2.24) is 9.55 Å². The molecule has 0 unspecified atom stereocenters. The Bertz CT molecular complexity index is 2070. The number of pyridine rings is 2. The van der Waals surface area contributed by atoms with Crippen LogP contribution < -0.4 is 10.3 Å². The first-order valence-electron chi connectivity index (χ1n) is 18.0. The van der Waals surface area contributed by atoms with E-state index in [1.54, 1.807) is 39.1 Å². The molecule has 0 amide bonds. The Labute approximate surface area is 317 Å². The van der Waals surface area contributed by atoms with Crippen molar-refractivity contribution < 1.29 is 46.1 Å². The Balaban J connectivity index is 0.000000708. The highest BCUT2D eigenvalue weighted by Gasteiger charge is 2.37. The normalized spacial score (nSPS) is 12.1. The highest BCUT2D eigenvalue weighted by atomic mass is 19.4. The lowest BCUT2D eigenvalue weighted by molar-refractivity contribution is -0.143. The van der Waals surface area contributed by atoms with Gasteiger partial charge in [-0.15, -0.1) is 0 Å². The van der Waals surface area contributed by atoms with Gasteiger partial charge in [-0.05, 0) is 110 Å². The van der Waals surface area contributed by atoms with Crippen LogP contribution in [0.25, 0.3) is 32.9 Å². The van der Waals surface area contributed by atoms with Crippen LogP contribution in [-0.4, -0.2) is 38.4 Å². The molecule has 0 spiro atoms. The van der Waals surface area contributed by atoms with Gasteiger partial charge in [0.05, 0.1) is 40.9 Å². The minimum atomic E-state index is -5.00. The number of halogens is 6. The summed E-state index contributed by atoms with van der Waals surface area (Å²) in [7, 11) is 0. The van der Waals surface area contributed by atoms with Gasteiger partial charge in [-0.25, -0.2) is 0 Å². The summed E-state index contributed by atoms with van der Waals surface area (Å²) in [6, 6.07) is 11.9. The number of aliphatic hydroxyl groups is 1. The number of rotatable bonds is 4. The summed E-state index contributed by atoms with van der Waals surface area (Å²) >= 11 is 0. The molecular weight excluding hydrogens is 726 g/mol. The van der Waals surface area contributed by atoms with Crippen LogP contribution in [0.15, 0.2) is 65.6 Å². The van der Waals surface area contributed by atoms with Gasteiger partial charge in [-0.3, -0.25) is 14.6 Å². The molecule has 0 saturated carbocycles. The molecule has 0 atom stereocenters. The molecule has 6 rings (SSSR count). The van der Waals surface area contributed by atoms with E-state index in [1.165, 1.54) is 17.1 Å². The minimum absolute atomic E-state index is 0.0831. The monoisotopic (exact) mass is 776 g/mol. The number of aryl methyl sites for hydroxylation is 1. The van der Waals surface area contributed by atoms with Crippen molar-refractivity contribution in [1.29, 1.82) is 0 Å². The standard InChI is InChI=1S/C32H24F6N2O2.C4H10O.C3H8.C2H6.CH2O2/c1-3-22-17(2)12-25-23(29(22)24-4-6-26-28-19(9-11-42-26)8-10-39-30(24)28)5-7-27(41)40(25)16-18-13-20(31(33,34)35)15-21(14-18)32(36,37)38;1-4(2,3)5;1-3-2;1-2;2-1-3/h4-8,10,12-15H,3,9,11,16H2,1-2H3;5H,1-3H3;3H2,1-2H3;1-2H3;1H,(H,2,3). The quantitative estimate of drug-likeness (QED) is 0.139. The molecule has 2 N–H and O–H groups in total. The lowest BCUT2D eigenvalue weighted by Crippen LogP contribution is -2.21. The number of nitrogens with zero attached hydrogens (tertiary/aromatic N) is 2. The molecule has 55 heavy (non-hydrogen) atoms. The van der Waals surface area contributed by atoms with Gasteiger partial charge in [0, 0.05) is 35.0 Å². The van der Waals surface area contributed by atoms with E-state index in [1.807, 2.05) is 45.9 Å². The van der Waals surface area contributed by atoms with Gasteiger partial charge in [-0.2, -0.15) is 26.3 Å². The Kier molecular flexibility index (Phi) is 16.5. The zero-order valence-corrected chi connectivity index (χ0v) is 32.7. The van der Waals surface area contributed by atoms with Crippen LogP contribution in [0.5, 0.6) is 5.75 Å². The average Bonchev–Trinajstić information content (AvgIpc) is 3.10. The summed E-state index contributed by atoms with van der Waals surface area (Å²) < 4.78 is 88.4. The Hall–Kier alpha value is -4.91. The summed E-state index contributed by atoms with van der Waals surface area (Å²) in [6.45, 7) is 17.2. The highest BCUT2D eigenvalue weighted by Crippen LogP contribution is 2.42. The molecule has 0 bridgehead atoms. The maximum absolute atomic E-state index is 13.5. The fourth-order valence-corrected chi connectivity index (χ4v) is 5.94. The number of aromatic nitrogens is 2. The number of hydrogen-bond acceptors (Lipinski definition) is 5. The van der Waals surface area contributed by atoms with E-state index in [9.17, 15) is 31.1 Å². The molecule has 0 aliphatic carbocycles. The van der Waals surface area contributed by atoms with E-state index in [2.05, 4.69) is 18.8 Å². The van der Waals surface area contributed by atoms with Crippen molar-refractivity contribution in [2.24, 2.45) is 0 Å². The van der Waals surface area contributed by atoms with E-state index >= 15 is 0 Å². The first kappa shape index (κ1) is 46.2. The second kappa shape index (κ2) is 19.6. The van der Waals surface area contributed by atoms with Crippen molar-refractivity contribution in [3.05, 3.63) is 105 Å². The lowest BCUT2D eigenvalue weighted by Gasteiger charge is -2.22. The average molecular weight is 777 g/mol. The van der Waals surface area contributed by atoms with E-state index in [0.29, 0.717) is 36.1 Å². The van der Waals surface area contributed by atoms with Crippen molar-refractivity contribution in [3.63, 3.8) is 0 Å². The second-order valence-corrected chi connectivity index (χ2v) is 13.4. The molecule has 5 aromatic rings. The van der Waals surface area contributed by atoms with Crippen LogP contribution in [0.2, 0.25) is 0 Å². The predicted molar refractivity (Wildman–Crippen MR) is 206 cm³/mol. The number of hydrogen-bond donors (Lipinski definition) is 2. The van der Waals surface area contributed by atoms with Crippen LogP contribution >= 0.6 is 0 Å². The maximum Gasteiger partial charge on any atom is 0.416 e. The Morgan fingerprint density at radius 2 is 1.44 bits per heavy atom. The zero-order chi connectivity index (χ0) is 41.9. The van der Waals surface area contributed by atoms with Crippen LogP contribution in [-0.2, 0) is 36.5 Å². The summed E-state index contributed by atoms with van der Waals surface area (Å²) in [4.78, 5) is 26.2. The van der Waals surface area contributed by atoms with Crippen molar-refractivity contribution in [2.75, 3.05) is 6.61 Å². The largest absolute Gasteiger partial charge is 0.493 e. The Morgan fingerprint density at radius 1 is 0.891 bits per heavy atom. The van der Waals surface area contributed by atoms with Crippen molar-refractivity contribution in [3.8, 4) is 16.9 Å². The summed E-state index contributed by atoms with van der Waals surface area (Å²) in [5.41, 5.74) is 1.45. The molecule has 7 nitrogen and oxygen atoms in total. The SMILES string of the molecule is CC.CC(C)(C)O.CCC.CCc1c(C)cc2c(ccc(=O)n2Cc2cc(C(F)(F)F)cc(C(F)(F)F)c2)c1-c1ccc2c3c(ccnc13)CCO2.O=CO. The number of alkyl halides is 6. The fourth-order valence-electron chi connectivity index (χ4n) is 5.94. The Morgan fingerprint density at radius 3 is 1.95 bits per heavy atom. The van der Waals surface area contributed by atoms with Gasteiger partial charge in [0.25, 0.3) is 12.0 Å². The number of ether oxygens (including phenoxy) is 1. The van der Waals surface area contributed by atoms with Gasteiger partial charge in [-0.1, -0.05) is 41.0 Å². The van der Waals surface area contributed by atoms with E-state index < -0.39 is 41.2 Å². The number of fused-ring (bicyclic) bond motifs is 1. The highest BCUT2D eigenvalue weighted by molar-refractivity contribution is 6.07. The van der Waals surface area contributed by atoms with Crippen LogP contribution in [0.3, 0.4) is 0 Å². The molecule has 13 heteroatoms. The molecule has 2 aromatic heterocycles. The third kappa shape index (κ3) is 12.0. The maximum atomic E-state index is 13.5. The molecule has 0 fully saturated rings. The molecule has 1 aliphatic heterocycles. The van der Waals surface area contributed by atoms with Gasteiger partial charge in [0.15, 0.2) is 0 Å². The number of carboxylic acid groups (broad SMARTS) is 1. The summed E-state index contributed by atoms with van der Waals surface area (Å²) in [5.74, 6) is 0.722. The lowest BCUT2D eigenvalue weighted by atomic mass is 9.88. The molecule has 3 heterocycles. The van der Waals surface area contributed by atoms with E-state index in [0.717, 1.165) is 50.9 Å². The minimum Gasteiger partial charge on any atom is -0.493 e. The molecule has 0 saturated heterocycles.